The minimum absolute atomic E-state index is 0.0160. The molecule has 0 aliphatic heterocycles. The lowest BCUT2D eigenvalue weighted by Gasteiger charge is -2.36. The van der Waals surface area contributed by atoms with E-state index >= 15 is 0 Å². The van der Waals surface area contributed by atoms with Crippen molar-refractivity contribution in [3.8, 4) is 0 Å². The summed E-state index contributed by atoms with van der Waals surface area (Å²) in [6, 6.07) is 0. The van der Waals surface area contributed by atoms with Gasteiger partial charge in [-0.15, -0.1) is 0 Å². The molecule has 0 aromatic rings. The molecule has 1 aliphatic rings. The van der Waals surface area contributed by atoms with Crippen molar-refractivity contribution in [2.45, 2.75) is 52.1 Å². The molecular formula is C11H23NO3S. The molecule has 4 nitrogen and oxygen atoms in total. The smallest absolute Gasteiger partial charge is 0.211 e. The highest BCUT2D eigenvalue weighted by molar-refractivity contribution is 7.89. The van der Waals surface area contributed by atoms with Gasteiger partial charge in [-0.3, -0.25) is 0 Å². The van der Waals surface area contributed by atoms with Crippen LogP contribution in [-0.4, -0.2) is 31.4 Å². The molecule has 0 unspecified atom stereocenters. The van der Waals surface area contributed by atoms with E-state index in [9.17, 15) is 13.5 Å². The van der Waals surface area contributed by atoms with Crippen molar-refractivity contribution in [2.24, 2.45) is 5.41 Å². The lowest BCUT2D eigenvalue weighted by Crippen LogP contribution is -2.48. The number of hydrogen-bond acceptors (Lipinski definition) is 3. The maximum Gasteiger partial charge on any atom is 0.211 e. The van der Waals surface area contributed by atoms with E-state index in [1.807, 2.05) is 20.8 Å². The third-order valence-electron chi connectivity index (χ3n) is 3.03. The normalized spacial score (nSPS) is 20.5. The summed E-state index contributed by atoms with van der Waals surface area (Å²) in [5.41, 5.74) is -0.767. The molecule has 0 spiro atoms. The average molecular weight is 249 g/mol. The van der Waals surface area contributed by atoms with E-state index in [1.54, 1.807) is 0 Å². The van der Waals surface area contributed by atoms with E-state index in [0.717, 1.165) is 6.42 Å². The van der Waals surface area contributed by atoms with Gasteiger partial charge in [-0.2, -0.15) is 0 Å². The Kier molecular flexibility index (Phi) is 4.03. The Morgan fingerprint density at radius 2 is 1.88 bits per heavy atom. The fourth-order valence-corrected chi connectivity index (χ4v) is 3.03. The van der Waals surface area contributed by atoms with Gasteiger partial charge >= 0.3 is 0 Å². The maximum atomic E-state index is 11.6. The van der Waals surface area contributed by atoms with Crippen molar-refractivity contribution in [3.63, 3.8) is 0 Å². The number of rotatable bonds is 5. The third-order valence-corrected chi connectivity index (χ3v) is 4.35. The van der Waals surface area contributed by atoms with Crippen LogP contribution in [0.25, 0.3) is 0 Å². The summed E-state index contributed by atoms with van der Waals surface area (Å²) in [6.45, 7) is 6.21. The second-order valence-corrected chi connectivity index (χ2v) is 7.95. The van der Waals surface area contributed by atoms with Crippen LogP contribution in [0.15, 0.2) is 0 Å². The van der Waals surface area contributed by atoms with Crippen molar-refractivity contribution in [1.82, 2.24) is 4.72 Å². The van der Waals surface area contributed by atoms with Crippen molar-refractivity contribution < 1.29 is 13.5 Å². The van der Waals surface area contributed by atoms with Gasteiger partial charge in [0.05, 0.1) is 11.4 Å². The second-order valence-electron chi connectivity index (χ2n) is 6.03. The first-order valence-electron chi connectivity index (χ1n) is 5.82. The Hall–Kier alpha value is -0.130. The van der Waals surface area contributed by atoms with Crippen LogP contribution in [0.2, 0.25) is 0 Å². The first-order chi connectivity index (χ1) is 7.12. The quantitative estimate of drug-likeness (QED) is 0.771. The number of aliphatic hydroxyl groups is 1. The standard InChI is InChI=1S/C11H23NO3S/c1-10(2,3)7-8-16(14,15)12-9-11(13)5-4-6-11/h12-13H,4-9H2,1-3H3. The summed E-state index contributed by atoms with van der Waals surface area (Å²) in [7, 11) is -3.23. The predicted molar refractivity (Wildman–Crippen MR) is 64.7 cm³/mol. The van der Waals surface area contributed by atoms with Crippen molar-refractivity contribution in [1.29, 1.82) is 0 Å². The zero-order chi connectivity index (χ0) is 12.4. The fourth-order valence-electron chi connectivity index (χ4n) is 1.52. The van der Waals surface area contributed by atoms with Crippen LogP contribution in [0.4, 0.5) is 0 Å². The lowest BCUT2D eigenvalue weighted by molar-refractivity contribution is -0.0270. The molecule has 0 aromatic heterocycles. The van der Waals surface area contributed by atoms with Crippen LogP contribution in [0.1, 0.15) is 46.5 Å². The molecule has 5 heteroatoms. The Morgan fingerprint density at radius 1 is 1.31 bits per heavy atom. The minimum atomic E-state index is -3.23. The van der Waals surface area contributed by atoms with E-state index in [1.165, 1.54) is 0 Å². The summed E-state index contributed by atoms with van der Waals surface area (Å²) in [4.78, 5) is 0. The van der Waals surface area contributed by atoms with Gasteiger partial charge in [0.1, 0.15) is 0 Å². The molecule has 0 aromatic carbocycles. The molecule has 2 N–H and O–H groups in total. The molecule has 0 radical (unpaired) electrons. The van der Waals surface area contributed by atoms with Gasteiger partial charge in [0.2, 0.25) is 10.0 Å². The SMILES string of the molecule is CC(C)(C)CCS(=O)(=O)NCC1(O)CCC1. The molecule has 1 aliphatic carbocycles. The molecule has 1 rings (SSSR count). The highest BCUT2D eigenvalue weighted by atomic mass is 32.2. The molecule has 0 heterocycles. The maximum absolute atomic E-state index is 11.6. The Labute approximate surface area is 98.5 Å². The van der Waals surface area contributed by atoms with Crippen LogP contribution in [-0.2, 0) is 10.0 Å². The topological polar surface area (TPSA) is 66.4 Å². The van der Waals surface area contributed by atoms with E-state index in [4.69, 9.17) is 0 Å². The molecular weight excluding hydrogens is 226 g/mol. The Morgan fingerprint density at radius 3 is 2.25 bits per heavy atom. The molecule has 0 bridgehead atoms. The highest BCUT2D eigenvalue weighted by Crippen LogP contribution is 2.30. The summed E-state index contributed by atoms with van der Waals surface area (Å²) < 4.78 is 25.8. The number of hydrogen-bond donors (Lipinski definition) is 2. The van der Waals surface area contributed by atoms with Crippen LogP contribution >= 0.6 is 0 Å². The molecule has 1 fully saturated rings. The van der Waals surface area contributed by atoms with Gasteiger partial charge in [-0.25, -0.2) is 13.1 Å². The first kappa shape index (κ1) is 13.9. The Balaban J connectivity index is 2.34. The summed E-state index contributed by atoms with van der Waals surface area (Å²) in [5, 5.41) is 9.77. The van der Waals surface area contributed by atoms with E-state index < -0.39 is 15.6 Å². The molecule has 1 saturated carbocycles. The van der Waals surface area contributed by atoms with Gasteiger partial charge in [0.25, 0.3) is 0 Å². The van der Waals surface area contributed by atoms with Crippen molar-refractivity contribution in [3.05, 3.63) is 0 Å². The fraction of sp³-hybridized carbons (Fsp3) is 1.00. The van der Waals surface area contributed by atoms with Crippen LogP contribution in [0, 0.1) is 5.41 Å². The zero-order valence-electron chi connectivity index (χ0n) is 10.4. The van der Waals surface area contributed by atoms with Gasteiger partial charge in [-0.05, 0) is 31.1 Å². The molecule has 0 amide bonds. The van der Waals surface area contributed by atoms with E-state index in [0.29, 0.717) is 19.3 Å². The van der Waals surface area contributed by atoms with Gasteiger partial charge in [-0.1, -0.05) is 20.8 Å². The van der Waals surface area contributed by atoms with Gasteiger partial charge in [0.15, 0.2) is 0 Å². The molecule has 0 atom stereocenters. The van der Waals surface area contributed by atoms with Gasteiger partial charge < -0.3 is 5.11 Å². The van der Waals surface area contributed by atoms with Crippen LogP contribution in [0.5, 0.6) is 0 Å². The lowest BCUT2D eigenvalue weighted by atomic mass is 9.81. The number of nitrogens with one attached hydrogen (secondary N) is 1. The summed E-state index contributed by atoms with van der Waals surface area (Å²) in [5.74, 6) is 0.132. The monoisotopic (exact) mass is 249 g/mol. The average Bonchev–Trinajstić information content (AvgIpc) is 2.08. The Bertz CT molecular complexity index is 326. The van der Waals surface area contributed by atoms with Crippen LogP contribution < -0.4 is 4.72 Å². The second kappa shape index (κ2) is 4.63. The molecule has 16 heavy (non-hydrogen) atoms. The minimum Gasteiger partial charge on any atom is -0.389 e. The van der Waals surface area contributed by atoms with Crippen molar-refractivity contribution in [2.75, 3.05) is 12.3 Å². The van der Waals surface area contributed by atoms with Crippen molar-refractivity contribution >= 4 is 10.0 Å². The van der Waals surface area contributed by atoms with Crippen LogP contribution in [0.3, 0.4) is 0 Å². The molecule has 96 valence electrons. The van der Waals surface area contributed by atoms with Gasteiger partial charge in [0, 0.05) is 6.54 Å². The highest BCUT2D eigenvalue weighted by Gasteiger charge is 2.35. The summed E-state index contributed by atoms with van der Waals surface area (Å²) >= 11 is 0. The number of sulfonamides is 1. The third kappa shape index (κ3) is 4.80. The first-order valence-corrected chi connectivity index (χ1v) is 7.47. The van der Waals surface area contributed by atoms with E-state index in [2.05, 4.69) is 4.72 Å². The zero-order valence-corrected chi connectivity index (χ0v) is 11.2. The molecule has 0 saturated heterocycles. The van der Waals surface area contributed by atoms with E-state index in [-0.39, 0.29) is 17.7 Å². The predicted octanol–water partition coefficient (Wildman–Crippen LogP) is 1.26. The largest absolute Gasteiger partial charge is 0.389 e. The summed E-state index contributed by atoms with van der Waals surface area (Å²) in [6.07, 6.45) is 3.02.